The summed E-state index contributed by atoms with van der Waals surface area (Å²) in [6.07, 6.45) is 0. The number of fused-ring (bicyclic) bond motifs is 3. The number of carbonyl (C=O) groups is 7. The topological polar surface area (TPSA) is 230 Å². The van der Waals surface area contributed by atoms with Crippen molar-refractivity contribution in [3.05, 3.63) is 175 Å². The Bertz CT molecular complexity index is 3300. The van der Waals surface area contributed by atoms with Gasteiger partial charge in [-0.05, 0) is 150 Å². The van der Waals surface area contributed by atoms with Crippen LogP contribution in [0.25, 0.3) is 0 Å². The first-order valence-corrected chi connectivity index (χ1v) is 29.1. The van der Waals surface area contributed by atoms with Crippen LogP contribution in [0.1, 0.15) is 111 Å². The molecule has 86 heavy (non-hydrogen) atoms. The number of esters is 4. The number of amides is 3. The molecule has 6 aromatic rings. The molecule has 3 amide bonds. The molecule has 3 aliphatic rings. The summed E-state index contributed by atoms with van der Waals surface area (Å²) in [5.74, 6) is 2.56. The zero-order chi connectivity index (χ0) is 63.8. The van der Waals surface area contributed by atoms with Crippen molar-refractivity contribution >= 4 is 89.4 Å². The molecule has 0 bridgehead atoms. The Labute approximate surface area is 526 Å². The maximum Gasteiger partial charge on any atom is 0.339 e. The van der Waals surface area contributed by atoms with Gasteiger partial charge in [-0.25, -0.2) is 14.4 Å². The lowest BCUT2D eigenvalue weighted by Crippen LogP contribution is -2.32. The largest absolute Gasteiger partial charge is 0.497 e. The smallest absolute Gasteiger partial charge is 0.339 e. The van der Waals surface area contributed by atoms with Gasteiger partial charge in [0.25, 0.3) is 17.7 Å². The highest BCUT2D eigenvalue weighted by atomic mass is 79.9. The highest BCUT2D eigenvalue weighted by molar-refractivity contribution is 9.10. The SMILES string of the molecule is COC(=O)c1cc(OC)ccc1Br.COC(=O)c1cc(OC)ccc1C.COC(=O)c1cc(OC)ccc1CBr.COc1ccc2c(c1)C(=O)N(CBr)C2.COc1ccc2c(c1)C(=O)N(COC(=O)C(C)(C)C)C2.COc1ccc2c(c1)C(=O)NC2. The van der Waals surface area contributed by atoms with Crippen molar-refractivity contribution in [2.24, 2.45) is 5.41 Å². The van der Waals surface area contributed by atoms with Gasteiger partial charge in [-0.2, -0.15) is 0 Å². The van der Waals surface area contributed by atoms with E-state index in [9.17, 15) is 33.6 Å². The molecule has 0 aliphatic carbocycles. The molecule has 0 fully saturated rings. The van der Waals surface area contributed by atoms with Crippen molar-refractivity contribution in [1.82, 2.24) is 15.1 Å². The zero-order valence-corrected chi connectivity index (χ0v) is 54.9. The fourth-order valence-electron chi connectivity index (χ4n) is 7.86. The van der Waals surface area contributed by atoms with Crippen LogP contribution in [0, 0.1) is 12.3 Å². The molecule has 0 saturated heterocycles. The van der Waals surface area contributed by atoms with E-state index in [1.54, 1.807) is 117 Å². The molecule has 1 N–H and O–H groups in total. The van der Waals surface area contributed by atoms with Crippen LogP contribution in [0.3, 0.4) is 0 Å². The fraction of sp³-hybridized carbons (Fsp3) is 0.317. The van der Waals surface area contributed by atoms with Gasteiger partial charge in [0.2, 0.25) is 0 Å². The second kappa shape index (κ2) is 34.1. The molecular formula is C63H70Br3N3O17. The second-order valence-corrected chi connectivity index (χ2v) is 21.3. The Morgan fingerprint density at radius 2 is 0.895 bits per heavy atom. The van der Waals surface area contributed by atoms with Gasteiger partial charge in [0.1, 0.15) is 34.5 Å². The van der Waals surface area contributed by atoms with Crippen LogP contribution in [-0.4, -0.2) is 128 Å². The van der Waals surface area contributed by atoms with Gasteiger partial charge in [0.05, 0.1) is 98.1 Å². The number of nitrogens with one attached hydrogen (secondary N) is 1. The van der Waals surface area contributed by atoms with E-state index in [1.807, 2.05) is 67.6 Å². The van der Waals surface area contributed by atoms with Crippen molar-refractivity contribution in [2.75, 3.05) is 76.2 Å². The van der Waals surface area contributed by atoms with Gasteiger partial charge in [-0.1, -0.05) is 62.2 Å². The first kappa shape index (κ1) is 70.3. The lowest BCUT2D eigenvalue weighted by Gasteiger charge is -2.20. The van der Waals surface area contributed by atoms with Crippen LogP contribution in [0.5, 0.6) is 34.5 Å². The molecule has 6 aromatic carbocycles. The molecule has 0 spiro atoms. The lowest BCUT2D eigenvalue weighted by atomic mass is 9.98. The average molecular weight is 1380 g/mol. The minimum absolute atomic E-state index is 0.0103. The summed E-state index contributed by atoms with van der Waals surface area (Å²) >= 11 is 9.83. The number of hydrogen-bond donors (Lipinski definition) is 1. The average Bonchev–Trinajstić information content (AvgIpc) is 2.39. The number of nitrogens with zero attached hydrogens (tertiary/aromatic N) is 2. The highest BCUT2D eigenvalue weighted by Gasteiger charge is 2.31. The van der Waals surface area contributed by atoms with E-state index in [4.69, 9.17) is 33.2 Å². The van der Waals surface area contributed by atoms with Gasteiger partial charge in [-0.15, -0.1) is 0 Å². The van der Waals surface area contributed by atoms with Crippen molar-refractivity contribution < 1.29 is 80.9 Å². The van der Waals surface area contributed by atoms with Crippen LogP contribution in [-0.2, 0) is 48.7 Å². The van der Waals surface area contributed by atoms with Crippen LogP contribution in [0.2, 0.25) is 0 Å². The fourth-order valence-corrected chi connectivity index (χ4v) is 9.16. The Kier molecular flexibility index (Phi) is 27.9. The normalized spacial score (nSPS) is 12.0. The maximum absolute atomic E-state index is 12.2. The van der Waals surface area contributed by atoms with Gasteiger partial charge < -0.3 is 62.5 Å². The predicted molar refractivity (Wildman–Crippen MR) is 332 cm³/mol. The number of ether oxygens (including phenoxy) is 10. The summed E-state index contributed by atoms with van der Waals surface area (Å²) < 4.78 is 49.9. The number of hydrogen-bond acceptors (Lipinski definition) is 17. The number of aryl methyl sites for hydroxylation is 1. The lowest BCUT2D eigenvalue weighted by molar-refractivity contribution is -0.156. The summed E-state index contributed by atoms with van der Waals surface area (Å²) in [4.78, 5) is 83.9. The minimum atomic E-state index is -0.571. The molecule has 0 atom stereocenters. The van der Waals surface area contributed by atoms with Crippen molar-refractivity contribution in [3.8, 4) is 34.5 Å². The molecule has 0 unspecified atom stereocenters. The molecule has 9 rings (SSSR count). The number of alkyl halides is 2. The Balaban J connectivity index is 0.000000223. The number of halogens is 3. The van der Waals surface area contributed by atoms with E-state index in [1.165, 1.54) is 26.2 Å². The molecule has 3 aliphatic heterocycles. The second-order valence-electron chi connectivity index (χ2n) is 19.3. The Morgan fingerprint density at radius 3 is 1.37 bits per heavy atom. The van der Waals surface area contributed by atoms with Gasteiger partial charge >= 0.3 is 23.9 Å². The van der Waals surface area contributed by atoms with Crippen LogP contribution >= 0.6 is 47.8 Å². The molecule has 0 aromatic heterocycles. The number of methoxy groups -OCH3 is 9. The summed E-state index contributed by atoms with van der Waals surface area (Å²) in [5, 5.41) is 3.35. The van der Waals surface area contributed by atoms with Gasteiger partial charge in [-0.3, -0.25) is 19.2 Å². The third kappa shape index (κ3) is 19.4. The molecule has 0 radical (unpaired) electrons. The van der Waals surface area contributed by atoms with Crippen molar-refractivity contribution in [2.45, 2.75) is 52.7 Å². The van der Waals surface area contributed by atoms with E-state index in [0.29, 0.717) is 80.1 Å². The van der Waals surface area contributed by atoms with E-state index in [-0.39, 0.29) is 48.3 Å². The van der Waals surface area contributed by atoms with Crippen molar-refractivity contribution in [1.29, 1.82) is 0 Å². The first-order chi connectivity index (χ1) is 41.0. The minimum Gasteiger partial charge on any atom is -0.497 e. The summed E-state index contributed by atoms with van der Waals surface area (Å²) in [6, 6.07) is 32.3. The molecule has 23 heteroatoms. The molecule has 3 heterocycles. The quantitative estimate of drug-likeness (QED) is 0.0490. The van der Waals surface area contributed by atoms with E-state index < -0.39 is 5.41 Å². The maximum atomic E-state index is 12.2. The van der Waals surface area contributed by atoms with E-state index in [2.05, 4.69) is 67.3 Å². The van der Waals surface area contributed by atoms with Gasteiger partial charge in [0, 0.05) is 39.6 Å². The molecular weight excluding hydrogens is 1310 g/mol. The van der Waals surface area contributed by atoms with E-state index >= 15 is 0 Å². The van der Waals surface area contributed by atoms with Crippen LogP contribution < -0.4 is 33.7 Å². The van der Waals surface area contributed by atoms with Crippen molar-refractivity contribution in [3.63, 3.8) is 0 Å². The van der Waals surface area contributed by atoms with Crippen LogP contribution in [0.15, 0.2) is 114 Å². The zero-order valence-electron chi connectivity index (χ0n) is 50.1. The monoisotopic (exact) mass is 1380 g/mol. The molecule has 0 saturated carbocycles. The number of rotatable bonds is 13. The number of carbonyl (C=O) groups excluding carboxylic acids is 7. The van der Waals surface area contributed by atoms with Crippen LogP contribution in [0.4, 0.5) is 0 Å². The highest BCUT2D eigenvalue weighted by Crippen LogP contribution is 2.30. The third-order valence-corrected chi connectivity index (χ3v) is 14.7. The summed E-state index contributed by atoms with van der Waals surface area (Å²) in [7, 11) is 13.5. The van der Waals surface area contributed by atoms with E-state index in [0.717, 1.165) is 50.4 Å². The predicted octanol–water partition coefficient (Wildman–Crippen LogP) is 11.6. The summed E-state index contributed by atoms with van der Waals surface area (Å²) in [5.41, 5.74) is 8.42. The standard InChI is InChI=1S/C15H19NO4.C10H10BrNO2.C10H11BrO3.C10H12O3.C9H9BrO3.C9H9NO2/c1-15(2,3)14(18)20-9-16-8-10-5-6-11(19-4)7-12(10)13(16)17;1-14-8-3-2-7-5-12(6-11)10(13)9(7)4-8;1-13-8-4-3-7(6-11)9(5-8)10(12)14-2;1-7-4-5-8(12-2)6-9(7)10(11)13-3;1-12-6-3-4-8(10)7(5-6)9(11)13-2;1-12-7-3-2-6-5-10-9(11)8(6)4-7/h5-7H,8-9H2,1-4H3;2-4H,5-6H2,1H3;3-5H,6H2,1-2H3;4-6H,1-3H3;3-5H,1-2H3;2-4H,5H2,1H3,(H,10,11). The summed E-state index contributed by atoms with van der Waals surface area (Å²) in [6.45, 7) is 8.94. The molecule has 460 valence electrons. The number of benzene rings is 6. The third-order valence-electron chi connectivity index (χ3n) is 12.8. The molecule has 20 nitrogen and oxygen atoms in total. The Hall–Kier alpha value is -8.15. The first-order valence-electron chi connectivity index (χ1n) is 26.1. The Morgan fingerprint density at radius 1 is 0.500 bits per heavy atom. The van der Waals surface area contributed by atoms with Gasteiger partial charge in [0.15, 0.2) is 6.73 Å².